The molecule has 0 heterocycles. The maximum atomic E-state index is 12.1. The van der Waals surface area contributed by atoms with Crippen LogP contribution in [0.25, 0.3) is 6.08 Å². The third-order valence-electron chi connectivity index (χ3n) is 4.07. The van der Waals surface area contributed by atoms with Crippen molar-refractivity contribution in [3.8, 4) is 0 Å². The third-order valence-corrected chi connectivity index (χ3v) is 4.63. The molecule has 2 atom stereocenters. The van der Waals surface area contributed by atoms with Gasteiger partial charge in [0.1, 0.15) is 6.10 Å². The zero-order valence-electron chi connectivity index (χ0n) is 13.6. The minimum Gasteiger partial charge on any atom is -0.459 e. The predicted octanol–water partition coefficient (Wildman–Crippen LogP) is 4.67. The Kier molecular flexibility index (Phi) is 6.94. The number of rotatable bonds is 5. The largest absolute Gasteiger partial charge is 0.459 e. The number of nitrogens with zero attached hydrogens (tertiary/aromatic N) is 1. The quantitative estimate of drug-likeness (QED) is 0.567. The molecular weight excluding hydrogens is 333 g/mol. The van der Waals surface area contributed by atoms with Crippen LogP contribution >= 0.6 is 23.2 Å². The topological polar surface area (TPSA) is 29.5 Å². The lowest BCUT2D eigenvalue weighted by Gasteiger charge is -2.32. The van der Waals surface area contributed by atoms with E-state index >= 15 is 0 Å². The molecule has 0 saturated heterocycles. The van der Waals surface area contributed by atoms with Gasteiger partial charge in [-0.15, -0.1) is 0 Å². The molecule has 0 bridgehead atoms. The highest BCUT2D eigenvalue weighted by atomic mass is 35.5. The second kappa shape index (κ2) is 8.72. The fourth-order valence-electron chi connectivity index (χ4n) is 2.99. The molecule has 1 aliphatic rings. The summed E-state index contributed by atoms with van der Waals surface area (Å²) < 4.78 is 5.67. The number of hydrogen-bond acceptors (Lipinski definition) is 3. The van der Waals surface area contributed by atoms with Gasteiger partial charge in [-0.2, -0.15) is 0 Å². The highest BCUT2D eigenvalue weighted by Gasteiger charge is 2.28. The predicted molar refractivity (Wildman–Crippen MR) is 95.9 cm³/mol. The van der Waals surface area contributed by atoms with Gasteiger partial charge in [0.2, 0.25) is 0 Å². The molecule has 23 heavy (non-hydrogen) atoms. The Morgan fingerprint density at radius 1 is 1.30 bits per heavy atom. The number of carbonyl (C=O) groups is 1. The molecule has 0 unspecified atom stereocenters. The highest BCUT2D eigenvalue weighted by molar-refractivity contribution is 6.35. The van der Waals surface area contributed by atoms with E-state index < -0.39 is 0 Å². The molecule has 1 aliphatic carbocycles. The summed E-state index contributed by atoms with van der Waals surface area (Å²) in [6.07, 6.45) is 7.50. The van der Waals surface area contributed by atoms with E-state index in [0.29, 0.717) is 16.0 Å². The third kappa shape index (κ3) is 5.83. The van der Waals surface area contributed by atoms with Gasteiger partial charge < -0.3 is 9.64 Å². The zero-order chi connectivity index (χ0) is 16.8. The Labute approximate surface area is 148 Å². The molecule has 3 nitrogen and oxygen atoms in total. The summed E-state index contributed by atoms with van der Waals surface area (Å²) in [7, 11) is 4.10. The van der Waals surface area contributed by atoms with Crippen LogP contribution in [0, 0.1) is 5.92 Å². The normalized spacial score (nSPS) is 21.8. The number of halogens is 2. The molecule has 5 heteroatoms. The Morgan fingerprint density at radius 2 is 2.04 bits per heavy atom. The van der Waals surface area contributed by atoms with E-state index in [0.717, 1.165) is 31.4 Å². The van der Waals surface area contributed by atoms with Crippen molar-refractivity contribution in [2.45, 2.75) is 31.8 Å². The summed E-state index contributed by atoms with van der Waals surface area (Å²) >= 11 is 12.0. The van der Waals surface area contributed by atoms with Crippen LogP contribution in [0.3, 0.4) is 0 Å². The monoisotopic (exact) mass is 355 g/mol. The molecule has 1 aromatic carbocycles. The van der Waals surface area contributed by atoms with Crippen LogP contribution in [0.1, 0.15) is 31.2 Å². The Hall–Kier alpha value is -1.03. The van der Waals surface area contributed by atoms with Crippen LogP contribution < -0.4 is 0 Å². The Balaban J connectivity index is 1.95. The fraction of sp³-hybridized carbons (Fsp3) is 0.500. The molecule has 0 spiro atoms. The molecule has 2 rings (SSSR count). The van der Waals surface area contributed by atoms with E-state index in [1.807, 2.05) is 0 Å². The smallest absolute Gasteiger partial charge is 0.331 e. The van der Waals surface area contributed by atoms with Crippen molar-refractivity contribution >= 4 is 35.2 Å². The molecular formula is C18H23Cl2NO2. The SMILES string of the molecule is CN(C)C[C@@H]1CCCC[C@H]1OC(=O)/C=C/c1ccc(Cl)cc1Cl. The van der Waals surface area contributed by atoms with E-state index in [1.54, 1.807) is 24.3 Å². The molecule has 1 aromatic rings. The van der Waals surface area contributed by atoms with Gasteiger partial charge in [0, 0.05) is 28.6 Å². The minimum absolute atomic E-state index is 0.00369. The van der Waals surface area contributed by atoms with Crippen molar-refractivity contribution in [3.63, 3.8) is 0 Å². The van der Waals surface area contributed by atoms with Crippen molar-refractivity contribution in [3.05, 3.63) is 39.9 Å². The molecule has 0 N–H and O–H groups in total. The van der Waals surface area contributed by atoms with Crippen LogP contribution in [0.5, 0.6) is 0 Å². The van der Waals surface area contributed by atoms with E-state index in [2.05, 4.69) is 19.0 Å². The van der Waals surface area contributed by atoms with E-state index in [4.69, 9.17) is 27.9 Å². The summed E-state index contributed by atoms with van der Waals surface area (Å²) in [4.78, 5) is 14.3. The molecule has 0 radical (unpaired) electrons. The summed E-state index contributed by atoms with van der Waals surface area (Å²) in [6.45, 7) is 0.949. The van der Waals surface area contributed by atoms with Crippen molar-refractivity contribution in [1.29, 1.82) is 0 Å². The van der Waals surface area contributed by atoms with Gasteiger partial charge in [0.05, 0.1) is 0 Å². The fourth-order valence-corrected chi connectivity index (χ4v) is 3.46. The zero-order valence-corrected chi connectivity index (χ0v) is 15.1. The van der Waals surface area contributed by atoms with E-state index in [1.165, 1.54) is 12.5 Å². The first kappa shape index (κ1) is 18.3. The van der Waals surface area contributed by atoms with E-state index in [-0.39, 0.29) is 12.1 Å². The van der Waals surface area contributed by atoms with Crippen LogP contribution in [0.2, 0.25) is 10.0 Å². The summed E-state index contributed by atoms with van der Waals surface area (Å²) in [5, 5.41) is 1.09. The number of carbonyl (C=O) groups excluding carboxylic acids is 1. The molecule has 1 fully saturated rings. The molecule has 1 saturated carbocycles. The maximum absolute atomic E-state index is 12.1. The molecule has 126 valence electrons. The van der Waals surface area contributed by atoms with Crippen molar-refractivity contribution < 1.29 is 9.53 Å². The van der Waals surface area contributed by atoms with Crippen molar-refractivity contribution in [2.24, 2.45) is 5.92 Å². The lowest BCUT2D eigenvalue weighted by atomic mass is 9.86. The average molecular weight is 356 g/mol. The number of ether oxygens (including phenoxy) is 1. The summed E-state index contributed by atoms with van der Waals surface area (Å²) in [5.74, 6) is 0.0990. The number of esters is 1. The average Bonchev–Trinajstić information content (AvgIpc) is 2.48. The highest BCUT2D eigenvalue weighted by Crippen LogP contribution is 2.28. The maximum Gasteiger partial charge on any atom is 0.331 e. The van der Waals surface area contributed by atoms with Crippen LogP contribution in [0.4, 0.5) is 0 Å². The van der Waals surface area contributed by atoms with E-state index in [9.17, 15) is 4.79 Å². The lowest BCUT2D eigenvalue weighted by molar-refractivity contribution is -0.147. The van der Waals surface area contributed by atoms with Gasteiger partial charge in [0.15, 0.2) is 0 Å². The first-order valence-electron chi connectivity index (χ1n) is 7.94. The first-order chi connectivity index (χ1) is 11.0. The summed E-state index contributed by atoms with van der Waals surface area (Å²) in [5.41, 5.74) is 0.751. The first-order valence-corrected chi connectivity index (χ1v) is 8.70. The van der Waals surface area contributed by atoms with Gasteiger partial charge >= 0.3 is 5.97 Å². The Bertz CT molecular complexity index is 572. The summed E-state index contributed by atoms with van der Waals surface area (Å²) in [6, 6.07) is 5.18. The van der Waals surface area contributed by atoms with Gasteiger partial charge in [-0.1, -0.05) is 35.7 Å². The van der Waals surface area contributed by atoms with Gasteiger partial charge in [-0.25, -0.2) is 4.79 Å². The molecule has 0 aliphatic heterocycles. The second-order valence-electron chi connectivity index (χ2n) is 6.28. The van der Waals surface area contributed by atoms with Gasteiger partial charge in [-0.05, 0) is 57.1 Å². The van der Waals surface area contributed by atoms with Crippen molar-refractivity contribution in [1.82, 2.24) is 4.90 Å². The Morgan fingerprint density at radius 3 is 2.74 bits per heavy atom. The lowest BCUT2D eigenvalue weighted by Crippen LogP contribution is -2.36. The standard InChI is InChI=1S/C18H23Cl2NO2/c1-21(2)12-14-5-3-4-6-17(14)23-18(22)10-8-13-7-9-15(19)11-16(13)20/h7-11,14,17H,3-6,12H2,1-2H3/b10-8+/t14-,17+/m0/s1. The van der Waals surface area contributed by atoms with Gasteiger partial charge in [0.25, 0.3) is 0 Å². The molecule has 0 aromatic heterocycles. The number of hydrogen-bond donors (Lipinski definition) is 0. The van der Waals surface area contributed by atoms with Crippen molar-refractivity contribution in [2.75, 3.05) is 20.6 Å². The van der Waals surface area contributed by atoms with Crippen LogP contribution in [-0.2, 0) is 9.53 Å². The second-order valence-corrected chi connectivity index (χ2v) is 7.12. The van der Waals surface area contributed by atoms with Crippen LogP contribution in [0.15, 0.2) is 24.3 Å². The minimum atomic E-state index is -0.313. The van der Waals surface area contributed by atoms with Gasteiger partial charge in [-0.3, -0.25) is 0 Å². The van der Waals surface area contributed by atoms with Crippen LogP contribution in [-0.4, -0.2) is 37.6 Å². The number of benzene rings is 1. The molecule has 0 amide bonds.